The van der Waals surface area contributed by atoms with Crippen LogP contribution in [0, 0.1) is 11.8 Å². The molecule has 5 amide bonds. The minimum atomic E-state index is -1.36. The number of nitrogens with zero attached hydrogens (tertiary/aromatic N) is 2. The van der Waals surface area contributed by atoms with Gasteiger partial charge >= 0.3 is 0 Å². The van der Waals surface area contributed by atoms with Crippen LogP contribution in [0.4, 0.5) is 4.39 Å². The van der Waals surface area contributed by atoms with Gasteiger partial charge in [-0.15, -0.1) is 0 Å². The number of aliphatic hydroxyl groups is 1. The fourth-order valence-corrected chi connectivity index (χ4v) is 6.57. The van der Waals surface area contributed by atoms with E-state index in [1.54, 1.807) is 14.0 Å². The summed E-state index contributed by atoms with van der Waals surface area (Å²) < 4.78 is 14.0. The Kier molecular flexibility index (Phi) is 17.0. The predicted molar refractivity (Wildman–Crippen MR) is 178 cm³/mol. The third kappa shape index (κ3) is 12.0. The first kappa shape index (κ1) is 40.3. The summed E-state index contributed by atoms with van der Waals surface area (Å²) in [5.74, 6) is -3.11. The van der Waals surface area contributed by atoms with Crippen molar-refractivity contribution in [3.8, 4) is 0 Å². The Labute approximate surface area is 279 Å². The number of hydrogen-bond acceptors (Lipinski definition) is 8. The van der Waals surface area contributed by atoms with Crippen molar-refractivity contribution in [1.29, 1.82) is 0 Å². The van der Waals surface area contributed by atoms with Crippen LogP contribution in [0.3, 0.4) is 0 Å². The molecular formula is C33H60FN7O6. The number of nitrogens with two attached hydrogens (primary N) is 1. The van der Waals surface area contributed by atoms with Crippen molar-refractivity contribution in [2.75, 3.05) is 33.4 Å². The number of alkyl halides is 1. The Morgan fingerprint density at radius 2 is 1.57 bits per heavy atom. The molecule has 2 fully saturated rings. The van der Waals surface area contributed by atoms with Crippen LogP contribution >= 0.6 is 0 Å². The van der Waals surface area contributed by atoms with Crippen molar-refractivity contribution in [2.45, 2.75) is 135 Å². The van der Waals surface area contributed by atoms with Gasteiger partial charge in [0.1, 0.15) is 24.2 Å². The molecule has 1 aliphatic carbocycles. The number of nitrogens with one attached hydrogen (secondary N) is 4. The molecule has 7 atom stereocenters. The van der Waals surface area contributed by atoms with Gasteiger partial charge in [0, 0.05) is 32.6 Å². The summed E-state index contributed by atoms with van der Waals surface area (Å²) in [6, 6.07) is -6.01. The van der Waals surface area contributed by atoms with E-state index < -0.39 is 78.6 Å². The van der Waals surface area contributed by atoms with E-state index in [2.05, 4.69) is 21.3 Å². The van der Waals surface area contributed by atoms with E-state index in [1.165, 1.54) is 11.8 Å². The lowest BCUT2D eigenvalue weighted by molar-refractivity contribution is -0.145. The molecule has 47 heavy (non-hydrogen) atoms. The van der Waals surface area contributed by atoms with Crippen LogP contribution in [0.5, 0.6) is 0 Å². The van der Waals surface area contributed by atoms with Gasteiger partial charge < -0.3 is 37.0 Å². The number of likely N-dealkylation sites (N-methyl/N-ethyl adjacent to an activating group) is 1. The molecule has 7 N–H and O–H groups in total. The minimum Gasteiger partial charge on any atom is -0.391 e. The summed E-state index contributed by atoms with van der Waals surface area (Å²) in [5.41, 5.74) is 5.91. The maximum atomic E-state index is 14.2. The second kappa shape index (κ2) is 19.9. The van der Waals surface area contributed by atoms with Gasteiger partial charge in [-0.25, -0.2) is 0 Å². The molecule has 0 radical (unpaired) electrons. The summed E-state index contributed by atoms with van der Waals surface area (Å²) in [4.78, 5) is 72.0. The average Bonchev–Trinajstić information content (AvgIpc) is 3.03. The van der Waals surface area contributed by atoms with Crippen molar-refractivity contribution >= 4 is 29.5 Å². The van der Waals surface area contributed by atoms with Crippen molar-refractivity contribution in [1.82, 2.24) is 31.1 Å². The molecule has 0 aromatic rings. The Morgan fingerprint density at radius 3 is 2.13 bits per heavy atom. The number of aliphatic hydroxyl groups excluding tert-OH is 1. The Morgan fingerprint density at radius 1 is 0.915 bits per heavy atom. The van der Waals surface area contributed by atoms with Gasteiger partial charge in [0.2, 0.25) is 29.5 Å². The van der Waals surface area contributed by atoms with Gasteiger partial charge in [-0.05, 0) is 57.9 Å². The maximum absolute atomic E-state index is 14.2. The molecule has 270 valence electrons. The lowest BCUT2D eigenvalue weighted by Gasteiger charge is -2.38. The Bertz CT molecular complexity index is 1040. The van der Waals surface area contributed by atoms with Gasteiger partial charge in [0.15, 0.2) is 0 Å². The second-order valence-electron chi connectivity index (χ2n) is 13.8. The molecular weight excluding hydrogens is 609 g/mol. The highest BCUT2D eigenvalue weighted by Crippen LogP contribution is 2.27. The van der Waals surface area contributed by atoms with E-state index >= 15 is 0 Å². The summed E-state index contributed by atoms with van der Waals surface area (Å²) in [6.07, 6.45) is 4.57. The van der Waals surface area contributed by atoms with Crippen LogP contribution in [-0.2, 0) is 24.0 Å². The Balaban J connectivity index is 2.64. The first-order valence-corrected chi connectivity index (χ1v) is 17.4. The first-order valence-electron chi connectivity index (χ1n) is 17.4. The Hall–Kier alpha value is -2.84. The zero-order valence-corrected chi connectivity index (χ0v) is 29.2. The summed E-state index contributed by atoms with van der Waals surface area (Å²) in [6.45, 7) is 8.52. The lowest BCUT2D eigenvalue weighted by atomic mass is 9.83. The fraction of sp³-hybridized carbons (Fsp3) is 0.848. The second-order valence-corrected chi connectivity index (χ2v) is 13.8. The van der Waals surface area contributed by atoms with Gasteiger partial charge in [0.05, 0.1) is 18.8 Å². The predicted octanol–water partition coefficient (Wildman–Crippen LogP) is 0.582. The first-order chi connectivity index (χ1) is 22.2. The van der Waals surface area contributed by atoms with Gasteiger partial charge in [-0.2, -0.15) is 0 Å². The molecule has 2 rings (SSSR count). The highest BCUT2D eigenvalue weighted by molar-refractivity contribution is 5.96. The largest absolute Gasteiger partial charge is 0.391 e. The molecule has 0 bridgehead atoms. The molecule has 1 saturated heterocycles. The van der Waals surface area contributed by atoms with Crippen molar-refractivity contribution in [3.05, 3.63) is 0 Å². The zero-order chi connectivity index (χ0) is 35.3. The molecule has 14 heteroatoms. The van der Waals surface area contributed by atoms with Crippen LogP contribution in [0.25, 0.3) is 0 Å². The normalized spacial score (nSPS) is 29.4. The minimum absolute atomic E-state index is 0.0130. The number of halogens is 1. The smallest absolute Gasteiger partial charge is 0.245 e. The molecule has 1 saturated carbocycles. The van der Waals surface area contributed by atoms with E-state index in [0.717, 1.165) is 25.7 Å². The number of amides is 5. The molecule has 0 unspecified atom stereocenters. The highest BCUT2D eigenvalue weighted by Gasteiger charge is 2.39. The highest BCUT2D eigenvalue weighted by atomic mass is 19.1. The van der Waals surface area contributed by atoms with E-state index in [4.69, 9.17) is 5.73 Å². The third-order valence-corrected chi connectivity index (χ3v) is 9.25. The van der Waals surface area contributed by atoms with Crippen molar-refractivity contribution in [3.63, 3.8) is 0 Å². The number of hydrogen-bond donors (Lipinski definition) is 6. The molecule has 1 heterocycles. The van der Waals surface area contributed by atoms with E-state index in [-0.39, 0.29) is 31.3 Å². The SMILES string of the molecule is CCCCN1C[C@@H](C)NC(=O)[C@H]([C@H](C)O)NC(=O)[C@H](CN)NC(=O)[C@H](C2CCCCC2)NC(=O)[C@H](CC(C)C)N(C)C(=O)[C@@H]1CCF. The van der Waals surface area contributed by atoms with E-state index in [9.17, 15) is 33.5 Å². The zero-order valence-electron chi connectivity index (χ0n) is 29.2. The lowest BCUT2D eigenvalue weighted by Crippen LogP contribution is -2.64. The fourth-order valence-electron chi connectivity index (χ4n) is 6.57. The molecule has 0 aromatic heterocycles. The molecule has 1 aliphatic heterocycles. The van der Waals surface area contributed by atoms with Crippen LogP contribution in [0.15, 0.2) is 0 Å². The number of rotatable bonds is 10. The quantitative estimate of drug-likeness (QED) is 0.195. The molecule has 13 nitrogen and oxygen atoms in total. The van der Waals surface area contributed by atoms with Crippen molar-refractivity contribution in [2.24, 2.45) is 17.6 Å². The summed E-state index contributed by atoms with van der Waals surface area (Å²) in [7, 11) is 1.54. The molecule has 0 spiro atoms. The summed E-state index contributed by atoms with van der Waals surface area (Å²) >= 11 is 0. The number of unbranched alkanes of at least 4 members (excludes halogenated alkanes) is 1. The van der Waals surface area contributed by atoms with Gasteiger partial charge in [-0.1, -0.05) is 46.5 Å². The molecule has 2 aliphatic rings. The topological polar surface area (TPSA) is 186 Å². The van der Waals surface area contributed by atoms with Gasteiger partial charge in [-0.3, -0.25) is 33.3 Å². The van der Waals surface area contributed by atoms with Crippen LogP contribution < -0.4 is 27.0 Å². The average molecular weight is 670 g/mol. The maximum Gasteiger partial charge on any atom is 0.245 e. The van der Waals surface area contributed by atoms with Crippen LogP contribution in [0.2, 0.25) is 0 Å². The van der Waals surface area contributed by atoms with E-state index in [0.29, 0.717) is 32.2 Å². The number of carbonyl (C=O) groups excluding carboxylic acids is 5. The third-order valence-electron chi connectivity index (χ3n) is 9.25. The number of carbonyl (C=O) groups is 5. The van der Waals surface area contributed by atoms with Crippen molar-refractivity contribution < 1.29 is 33.5 Å². The standard InChI is InChI=1S/C33H60FN7O6/c1-7-8-16-41-19-21(4)36-31(45)27(22(5)42)38-29(43)24(18-35)37-32(46)28(23-12-10-9-11-13-23)39-30(44)26(17-20(2)3)40(6)33(47)25(41)14-15-34/h20-28,42H,7-19,35H2,1-6H3,(H,36,45)(H,37,46)(H,38,43)(H,39,44)/t21-,22+,24+,25+,26+,27+,28+/m1/s1. The molecule has 0 aromatic carbocycles. The monoisotopic (exact) mass is 669 g/mol. The van der Waals surface area contributed by atoms with E-state index in [1.807, 2.05) is 25.7 Å². The van der Waals surface area contributed by atoms with Crippen LogP contribution in [0.1, 0.15) is 92.4 Å². The summed E-state index contributed by atoms with van der Waals surface area (Å²) in [5, 5.41) is 21.4. The van der Waals surface area contributed by atoms with Crippen LogP contribution in [-0.4, -0.2) is 120 Å². The van der Waals surface area contributed by atoms with Gasteiger partial charge in [0.25, 0.3) is 0 Å².